The molecule has 2 aromatic carbocycles. The molecule has 0 aliphatic carbocycles. The highest BCUT2D eigenvalue weighted by Gasteiger charge is 2.22. The van der Waals surface area contributed by atoms with E-state index in [1.165, 1.54) is 16.9 Å². The first kappa shape index (κ1) is 19.6. The Kier molecular flexibility index (Phi) is 5.90. The van der Waals surface area contributed by atoms with Gasteiger partial charge in [0.2, 0.25) is 0 Å². The van der Waals surface area contributed by atoms with Gasteiger partial charge in [-0.3, -0.25) is 0 Å². The maximum absolute atomic E-state index is 12.5. The van der Waals surface area contributed by atoms with Gasteiger partial charge in [-0.2, -0.15) is 0 Å². The fraction of sp³-hybridized carbons (Fsp3) is 0.435. The predicted molar refractivity (Wildman–Crippen MR) is 120 cm³/mol. The van der Waals surface area contributed by atoms with Crippen LogP contribution in [-0.4, -0.2) is 75.2 Å². The van der Waals surface area contributed by atoms with Crippen molar-refractivity contribution < 1.29 is 4.79 Å². The zero-order valence-electron chi connectivity index (χ0n) is 17.5. The van der Waals surface area contributed by atoms with E-state index in [0.717, 1.165) is 58.0 Å². The van der Waals surface area contributed by atoms with Gasteiger partial charge in [-0.25, -0.2) is 4.79 Å². The summed E-state index contributed by atoms with van der Waals surface area (Å²) in [6.45, 7) is 9.64. The third-order valence-corrected chi connectivity index (χ3v) is 5.95. The molecular formula is C23H31N5O. The average Bonchev–Trinajstić information content (AvgIpc) is 2.76. The first-order valence-corrected chi connectivity index (χ1v) is 10.5. The van der Waals surface area contributed by atoms with Gasteiger partial charge >= 0.3 is 6.03 Å². The molecule has 4 rings (SSSR count). The number of nitrogens with one attached hydrogen (secondary N) is 1. The highest BCUT2D eigenvalue weighted by atomic mass is 16.2. The summed E-state index contributed by atoms with van der Waals surface area (Å²) in [6, 6.07) is 16.8. The minimum Gasteiger partial charge on any atom is -0.369 e. The Bertz CT molecular complexity index is 804. The smallest absolute Gasteiger partial charge is 0.321 e. The van der Waals surface area contributed by atoms with E-state index in [9.17, 15) is 4.79 Å². The zero-order valence-corrected chi connectivity index (χ0v) is 17.5. The van der Waals surface area contributed by atoms with Crippen LogP contribution in [0.1, 0.15) is 5.56 Å². The number of hydrogen-bond acceptors (Lipinski definition) is 4. The Balaban J connectivity index is 1.29. The van der Waals surface area contributed by atoms with Crippen molar-refractivity contribution in [1.29, 1.82) is 0 Å². The molecule has 0 aromatic heterocycles. The van der Waals surface area contributed by atoms with Crippen LogP contribution in [0.5, 0.6) is 0 Å². The first-order valence-electron chi connectivity index (χ1n) is 10.5. The van der Waals surface area contributed by atoms with Crippen molar-refractivity contribution in [2.75, 3.05) is 74.5 Å². The third-order valence-electron chi connectivity index (χ3n) is 5.95. The summed E-state index contributed by atoms with van der Waals surface area (Å²) in [7, 11) is 2.18. The quantitative estimate of drug-likeness (QED) is 0.870. The predicted octanol–water partition coefficient (Wildman–Crippen LogP) is 3.10. The molecule has 2 fully saturated rings. The monoisotopic (exact) mass is 393 g/mol. The minimum atomic E-state index is -0.0149. The van der Waals surface area contributed by atoms with Gasteiger partial charge in [0.15, 0.2) is 0 Å². The number of amides is 2. The van der Waals surface area contributed by atoms with Crippen molar-refractivity contribution in [3.05, 3.63) is 54.1 Å². The number of hydrogen-bond donors (Lipinski definition) is 1. The van der Waals surface area contributed by atoms with E-state index in [4.69, 9.17) is 0 Å². The van der Waals surface area contributed by atoms with Crippen LogP contribution in [-0.2, 0) is 0 Å². The minimum absolute atomic E-state index is 0.0149. The van der Waals surface area contributed by atoms with E-state index in [1.54, 1.807) is 0 Å². The zero-order chi connectivity index (χ0) is 20.2. The first-order chi connectivity index (χ1) is 14.1. The normalized spacial score (nSPS) is 18.1. The van der Waals surface area contributed by atoms with Gasteiger partial charge in [0.1, 0.15) is 0 Å². The number of benzene rings is 2. The van der Waals surface area contributed by atoms with Crippen LogP contribution in [0, 0.1) is 6.92 Å². The maximum Gasteiger partial charge on any atom is 0.321 e. The number of urea groups is 1. The number of rotatable bonds is 3. The number of nitrogens with zero attached hydrogens (tertiary/aromatic N) is 4. The molecule has 1 N–H and O–H groups in total. The third kappa shape index (κ3) is 4.82. The summed E-state index contributed by atoms with van der Waals surface area (Å²) in [5.74, 6) is 0. The summed E-state index contributed by atoms with van der Waals surface area (Å²) < 4.78 is 0. The van der Waals surface area contributed by atoms with Crippen molar-refractivity contribution in [2.45, 2.75) is 6.92 Å². The molecule has 0 bridgehead atoms. The Hall–Kier alpha value is -2.73. The summed E-state index contributed by atoms with van der Waals surface area (Å²) >= 11 is 0. The number of likely N-dealkylation sites (N-methyl/N-ethyl adjacent to an activating group) is 1. The van der Waals surface area contributed by atoms with Crippen LogP contribution in [0.3, 0.4) is 0 Å². The molecule has 2 aliphatic heterocycles. The summed E-state index contributed by atoms with van der Waals surface area (Å²) in [4.78, 5) is 21.6. The lowest BCUT2D eigenvalue weighted by Gasteiger charge is -2.37. The molecule has 0 unspecified atom stereocenters. The molecule has 6 heteroatoms. The summed E-state index contributed by atoms with van der Waals surface area (Å²) in [5.41, 5.74) is 4.58. The van der Waals surface area contributed by atoms with Crippen molar-refractivity contribution in [3.63, 3.8) is 0 Å². The Morgan fingerprint density at radius 2 is 1.21 bits per heavy atom. The SMILES string of the molecule is Cc1ccc(NC(=O)N2CCN(c3ccc(N4CCN(C)CC4)cc3)CC2)cc1. The van der Waals surface area contributed by atoms with Crippen molar-refractivity contribution in [1.82, 2.24) is 9.80 Å². The van der Waals surface area contributed by atoms with Crippen molar-refractivity contribution >= 4 is 23.1 Å². The molecule has 0 atom stereocenters. The van der Waals surface area contributed by atoms with Gasteiger partial charge in [0.05, 0.1) is 0 Å². The molecule has 6 nitrogen and oxygen atoms in total. The number of piperazine rings is 2. The van der Waals surface area contributed by atoms with Gasteiger partial charge < -0.3 is 24.9 Å². The van der Waals surface area contributed by atoms with E-state index in [0.29, 0.717) is 0 Å². The van der Waals surface area contributed by atoms with Crippen LogP contribution in [0.15, 0.2) is 48.5 Å². The molecule has 2 aromatic rings. The van der Waals surface area contributed by atoms with Crippen LogP contribution < -0.4 is 15.1 Å². The molecule has 2 aliphatic rings. The van der Waals surface area contributed by atoms with E-state index in [2.05, 4.69) is 51.3 Å². The van der Waals surface area contributed by atoms with Crippen LogP contribution in [0.4, 0.5) is 21.9 Å². The molecule has 0 saturated carbocycles. The summed E-state index contributed by atoms with van der Waals surface area (Å²) in [5, 5.41) is 3.00. The van der Waals surface area contributed by atoms with Gasteiger partial charge in [-0.1, -0.05) is 17.7 Å². The maximum atomic E-state index is 12.5. The topological polar surface area (TPSA) is 42.1 Å². The fourth-order valence-electron chi connectivity index (χ4n) is 3.95. The van der Waals surface area contributed by atoms with Crippen molar-refractivity contribution in [3.8, 4) is 0 Å². The van der Waals surface area contributed by atoms with E-state index < -0.39 is 0 Å². The average molecular weight is 394 g/mol. The molecule has 0 radical (unpaired) electrons. The second-order valence-electron chi connectivity index (χ2n) is 8.08. The lowest BCUT2D eigenvalue weighted by molar-refractivity contribution is 0.208. The van der Waals surface area contributed by atoms with E-state index in [-0.39, 0.29) is 6.03 Å². The standard InChI is InChI=1S/C23H31N5O/c1-19-3-5-20(6-4-19)24-23(29)28-17-15-27(16-18-28)22-9-7-21(8-10-22)26-13-11-25(2)12-14-26/h3-10H,11-18H2,1-2H3,(H,24,29). The second kappa shape index (κ2) is 8.74. The molecule has 0 spiro atoms. The number of carbonyl (C=O) groups excluding carboxylic acids is 1. The highest BCUT2D eigenvalue weighted by Crippen LogP contribution is 2.23. The van der Waals surface area contributed by atoms with Crippen LogP contribution >= 0.6 is 0 Å². The summed E-state index contributed by atoms with van der Waals surface area (Å²) in [6.07, 6.45) is 0. The Labute approximate surface area is 173 Å². The van der Waals surface area contributed by atoms with Crippen LogP contribution in [0.25, 0.3) is 0 Å². The highest BCUT2D eigenvalue weighted by molar-refractivity contribution is 5.89. The van der Waals surface area contributed by atoms with Crippen molar-refractivity contribution in [2.24, 2.45) is 0 Å². The number of carbonyl (C=O) groups is 1. The molecule has 2 amide bonds. The van der Waals surface area contributed by atoms with E-state index >= 15 is 0 Å². The lowest BCUT2D eigenvalue weighted by Crippen LogP contribution is -2.50. The van der Waals surface area contributed by atoms with Crippen LogP contribution in [0.2, 0.25) is 0 Å². The largest absolute Gasteiger partial charge is 0.369 e. The molecule has 29 heavy (non-hydrogen) atoms. The Morgan fingerprint density at radius 1 is 0.724 bits per heavy atom. The molecule has 2 heterocycles. The number of anilines is 3. The lowest BCUT2D eigenvalue weighted by atomic mass is 10.2. The number of aryl methyl sites for hydroxylation is 1. The fourth-order valence-corrected chi connectivity index (χ4v) is 3.95. The molecule has 2 saturated heterocycles. The van der Waals surface area contributed by atoms with Gasteiger partial charge in [-0.15, -0.1) is 0 Å². The second-order valence-corrected chi connectivity index (χ2v) is 8.08. The van der Waals surface area contributed by atoms with Gasteiger partial charge in [0.25, 0.3) is 0 Å². The molecule has 154 valence electrons. The van der Waals surface area contributed by atoms with Gasteiger partial charge in [0, 0.05) is 69.4 Å². The van der Waals surface area contributed by atoms with E-state index in [1.807, 2.05) is 36.1 Å². The Morgan fingerprint density at radius 3 is 1.72 bits per heavy atom. The van der Waals surface area contributed by atoms with Gasteiger partial charge in [-0.05, 0) is 50.4 Å². The molecular weight excluding hydrogens is 362 g/mol.